The third-order valence-corrected chi connectivity index (χ3v) is 4.42. The van der Waals surface area contributed by atoms with E-state index in [1.807, 2.05) is 65.6 Å². The lowest BCUT2D eigenvalue weighted by Gasteiger charge is -2.30. The van der Waals surface area contributed by atoms with Crippen LogP contribution in [0.2, 0.25) is 0 Å². The summed E-state index contributed by atoms with van der Waals surface area (Å²) in [5.74, 6) is 0. The molecule has 0 bridgehead atoms. The summed E-state index contributed by atoms with van der Waals surface area (Å²) in [5.41, 5.74) is 2.18. The molecular weight excluding hydrogens is 307 g/mol. The lowest BCUT2D eigenvalue weighted by molar-refractivity contribution is 0.126. The summed E-state index contributed by atoms with van der Waals surface area (Å²) in [7, 11) is 0. The van der Waals surface area contributed by atoms with Gasteiger partial charge in [-0.2, -0.15) is 0 Å². The van der Waals surface area contributed by atoms with Gasteiger partial charge in [-0.3, -0.25) is 4.90 Å². The Morgan fingerprint density at radius 3 is 1.92 bits per heavy atom. The van der Waals surface area contributed by atoms with Crippen molar-refractivity contribution >= 4 is 6.09 Å². The first kappa shape index (κ1) is 16.5. The fourth-order valence-corrected chi connectivity index (χ4v) is 3.17. The SMILES string of the molecule is O=C(O)N1CC(F)C(N(Cc2ccccc2)Cc2ccccc2)C1. The van der Waals surface area contributed by atoms with Crippen LogP contribution in [-0.4, -0.2) is 46.3 Å². The van der Waals surface area contributed by atoms with Crippen molar-refractivity contribution in [3.05, 3.63) is 71.8 Å². The molecule has 2 aromatic rings. The second-order valence-electron chi connectivity index (χ2n) is 6.15. The molecule has 1 saturated heterocycles. The minimum Gasteiger partial charge on any atom is -0.465 e. The van der Waals surface area contributed by atoms with Crippen LogP contribution in [0.4, 0.5) is 9.18 Å². The summed E-state index contributed by atoms with van der Waals surface area (Å²) in [4.78, 5) is 14.4. The van der Waals surface area contributed by atoms with Crippen LogP contribution in [0.5, 0.6) is 0 Å². The van der Waals surface area contributed by atoms with Gasteiger partial charge in [-0.1, -0.05) is 60.7 Å². The Labute approximate surface area is 141 Å². The Hall–Kier alpha value is -2.40. The van der Waals surface area contributed by atoms with Crippen molar-refractivity contribution in [3.63, 3.8) is 0 Å². The monoisotopic (exact) mass is 328 g/mol. The molecule has 126 valence electrons. The maximum absolute atomic E-state index is 14.5. The number of hydrogen-bond donors (Lipinski definition) is 1. The molecule has 1 N–H and O–H groups in total. The van der Waals surface area contributed by atoms with E-state index >= 15 is 0 Å². The number of rotatable bonds is 5. The van der Waals surface area contributed by atoms with Crippen molar-refractivity contribution in [2.45, 2.75) is 25.3 Å². The summed E-state index contributed by atoms with van der Waals surface area (Å²) in [5, 5.41) is 9.15. The molecule has 0 aliphatic carbocycles. The van der Waals surface area contributed by atoms with E-state index in [1.165, 1.54) is 4.90 Å². The number of nitrogens with zero attached hydrogens (tertiary/aromatic N) is 2. The largest absolute Gasteiger partial charge is 0.465 e. The zero-order valence-electron chi connectivity index (χ0n) is 13.4. The molecule has 0 spiro atoms. The van der Waals surface area contributed by atoms with Crippen molar-refractivity contribution in [1.82, 2.24) is 9.80 Å². The quantitative estimate of drug-likeness (QED) is 0.915. The number of amides is 1. The van der Waals surface area contributed by atoms with Crippen LogP contribution in [0.25, 0.3) is 0 Å². The minimum atomic E-state index is -1.17. The highest BCUT2D eigenvalue weighted by Gasteiger charge is 2.39. The van der Waals surface area contributed by atoms with Gasteiger partial charge in [0.2, 0.25) is 0 Å². The molecule has 1 aliphatic heterocycles. The first-order chi connectivity index (χ1) is 11.6. The van der Waals surface area contributed by atoms with Crippen LogP contribution in [0.3, 0.4) is 0 Å². The molecule has 3 rings (SSSR count). The minimum absolute atomic E-state index is 0.0555. The molecule has 2 aromatic carbocycles. The Morgan fingerprint density at radius 1 is 1.00 bits per heavy atom. The lowest BCUT2D eigenvalue weighted by atomic mass is 10.1. The highest BCUT2D eigenvalue weighted by molar-refractivity contribution is 5.65. The predicted molar refractivity (Wildman–Crippen MR) is 90.4 cm³/mol. The second-order valence-corrected chi connectivity index (χ2v) is 6.15. The highest BCUT2D eigenvalue weighted by atomic mass is 19.1. The third kappa shape index (κ3) is 3.92. The van der Waals surface area contributed by atoms with E-state index < -0.39 is 18.3 Å². The topological polar surface area (TPSA) is 43.8 Å². The molecule has 1 aliphatic rings. The fourth-order valence-electron chi connectivity index (χ4n) is 3.17. The van der Waals surface area contributed by atoms with Crippen molar-refractivity contribution < 1.29 is 14.3 Å². The number of likely N-dealkylation sites (tertiary alicyclic amines) is 1. The number of halogens is 1. The van der Waals surface area contributed by atoms with Crippen LogP contribution in [0.1, 0.15) is 11.1 Å². The van der Waals surface area contributed by atoms with Gasteiger partial charge in [-0.15, -0.1) is 0 Å². The van der Waals surface area contributed by atoms with Gasteiger partial charge in [0.25, 0.3) is 0 Å². The van der Waals surface area contributed by atoms with E-state index in [4.69, 9.17) is 5.11 Å². The molecule has 5 heteroatoms. The van der Waals surface area contributed by atoms with E-state index in [0.717, 1.165) is 11.1 Å². The molecular formula is C19H21FN2O2. The van der Waals surface area contributed by atoms with Crippen LogP contribution in [-0.2, 0) is 13.1 Å². The number of hydrogen-bond acceptors (Lipinski definition) is 2. The van der Waals surface area contributed by atoms with Crippen LogP contribution >= 0.6 is 0 Å². The average Bonchev–Trinajstić information content (AvgIpc) is 2.98. The van der Waals surface area contributed by atoms with E-state index in [0.29, 0.717) is 13.1 Å². The smallest absolute Gasteiger partial charge is 0.407 e. The zero-order chi connectivity index (χ0) is 16.9. The Bertz CT molecular complexity index is 624. The van der Waals surface area contributed by atoms with Gasteiger partial charge in [-0.05, 0) is 11.1 Å². The van der Waals surface area contributed by atoms with Gasteiger partial charge in [0.1, 0.15) is 6.17 Å². The maximum Gasteiger partial charge on any atom is 0.407 e. The van der Waals surface area contributed by atoms with Gasteiger partial charge in [0.05, 0.1) is 12.6 Å². The Morgan fingerprint density at radius 2 is 1.50 bits per heavy atom. The van der Waals surface area contributed by atoms with Gasteiger partial charge < -0.3 is 10.0 Å². The van der Waals surface area contributed by atoms with Crippen molar-refractivity contribution in [2.24, 2.45) is 0 Å². The summed E-state index contributed by atoms with van der Waals surface area (Å²) in [6.45, 7) is 1.33. The molecule has 1 heterocycles. The summed E-state index contributed by atoms with van der Waals surface area (Å²) in [6, 6.07) is 19.3. The number of alkyl halides is 1. The molecule has 1 fully saturated rings. The number of benzene rings is 2. The maximum atomic E-state index is 14.5. The molecule has 4 nitrogen and oxygen atoms in total. The van der Waals surface area contributed by atoms with Gasteiger partial charge >= 0.3 is 6.09 Å². The Balaban J connectivity index is 1.80. The summed E-state index contributed by atoms with van der Waals surface area (Å²) in [6.07, 6.45) is -2.23. The number of carboxylic acid groups (broad SMARTS) is 1. The first-order valence-electron chi connectivity index (χ1n) is 8.07. The highest BCUT2D eigenvalue weighted by Crippen LogP contribution is 2.23. The van der Waals surface area contributed by atoms with E-state index in [2.05, 4.69) is 0 Å². The molecule has 0 aromatic heterocycles. The van der Waals surface area contributed by atoms with E-state index in [1.54, 1.807) is 0 Å². The van der Waals surface area contributed by atoms with Crippen molar-refractivity contribution in [1.29, 1.82) is 0 Å². The normalized spacial score (nSPS) is 20.5. The van der Waals surface area contributed by atoms with Gasteiger partial charge in [-0.25, -0.2) is 9.18 Å². The van der Waals surface area contributed by atoms with Gasteiger partial charge in [0.15, 0.2) is 0 Å². The molecule has 24 heavy (non-hydrogen) atoms. The van der Waals surface area contributed by atoms with E-state index in [-0.39, 0.29) is 13.1 Å². The van der Waals surface area contributed by atoms with Crippen molar-refractivity contribution in [3.8, 4) is 0 Å². The van der Waals surface area contributed by atoms with Crippen LogP contribution in [0.15, 0.2) is 60.7 Å². The Kier molecular flexibility index (Phi) is 5.11. The lowest BCUT2D eigenvalue weighted by Crippen LogP contribution is -2.41. The molecule has 0 saturated carbocycles. The van der Waals surface area contributed by atoms with Gasteiger partial charge in [0, 0.05) is 19.6 Å². The zero-order valence-corrected chi connectivity index (χ0v) is 13.4. The molecule has 0 radical (unpaired) electrons. The standard InChI is InChI=1S/C19H21FN2O2/c20-17-13-22(19(23)24)14-18(17)21(11-15-7-3-1-4-8-15)12-16-9-5-2-6-10-16/h1-10,17-18H,11-14H2,(H,23,24). The predicted octanol–water partition coefficient (Wildman–Crippen LogP) is 3.39. The summed E-state index contributed by atoms with van der Waals surface area (Å²) < 4.78 is 14.5. The average molecular weight is 328 g/mol. The van der Waals surface area contributed by atoms with Crippen LogP contribution < -0.4 is 0 Å². The van der Waals surface area contributed by atoms with Crippen LogP contribution in [0, 0.1) is 0 Å². The second kappa shape index (κ2) is 7.45. The summed E-state index contributed by atoms with van der Waals surface area (Å²) >= 11 is 0. The van der Waals surface area contributed by atoms with E-state index in [9.17, 15) is 9.18 Å². The fraction of sp³-hybridized carbons (Fsp3) is 0.316. The third-order valence-electron chi connectivity index (χ3n) is 4.42. The molecule has 2 atom stereocenters. The molecule has 2 unspecified atom stereocenters. The molecule has 1 amide bonds. The van der Waals surface area contributed by atoms with Crippen molar-refractivity contribution in [2.75, 3.05) is 13.1 Å². The number of carbonyl (C=O) groups is 1. The first-order valence-corrected chi connectivity index (χ1v) is 8.07.